The molecule has 1 heterocycles. The molecule has 20 heavy (non-hydrogen) atoms. The molecule has 1 saturated carbocycles. The molecule has 0 radical (unpaired) electrons. The fourth-order valence-corrected chi connectivity index (χ4v) is 2.79. The van der Waals surface area contributed by atoms with Gasteiger partial charge in [0.1, 0.15) is 11.9 Å². The van der Waals surface area contributed by atoms with Crippen molar-refractivity contribution in [3.8, 4) is 17.2 Å². The standard InChI is InChI=1S/C15H21NO4/c16-8-10-6-14-15(19-9-18-14)7-13(10)20-12-5-3-1-2-4-11(12)17/h6-7,11-12,17H,1-5,8-9,16H2. The maximum Gasteiger partial charge on any atom is 0.231 e. The Bertz CT molecular complexity index is 477. The number of ether oxygens (including phenoxy) is 3. The number of benzene rings is 1. The molecule has 1 aromatic rings. The number of rotatable bonds is 3. The van der Waals surface area contributed by atoms with Crippen molar-refractivity contribution in [2.75, 3.05) is 6.79 Å². The minimum Gasteiger partial charge on any atom is -0.487 e. The highest BCUT2D eigenvalue weighted by atomic mass is 16.7. The molecule has 0 saturated heterocycles. The van der Waals surface area contributed by atoms with E-state index in [2.05, 4.69) is 0 Å². The van der Waals surface area contributed by atoms with Crippen molar-refractivity contribution in [2.45, 2.75) is 50.9 Å². The highest BCUT2D eigenvalue weighted by molar-refractivity contribution is 5.51. The van der Waals surface area contributed by atoms with Crippen LogP contribution in [0.4, 0.5) is 0 Å². The summed E-state index contributed by atoms with van der Waals surface area (Å²) >= 11 is 0. The molecular formula is C15H21NO4. The van der Waals surface area contributed by atoms with Crippen LogP contribution in [0.1, 0.15) is 37.7 Å². The first kappa shape index (κ1) is 13.5. The quantitative estimate of drug-likeness (QED) is 0.827. The van der Waals surface area contributed by atoms with E-state index >= 15 is 0 Å². The maximum absolute atomic E-state index is 10.2. The van der Waals surface area contributed by atoms with Crippen molar-refractivity contribution >= 4 is 0 Å². The minimum absolute atomic E-state index is 0.164. The third-order valence-electron chi connectivity index (χ3n) is 3.97. The predicted molar refractivity (Wildman–Crippen MR) is 74.0 cm³/mol. The first-order valence-corrected chi connectivity index (χ1v) is 7.25. The van der Waals surface area contributed by atoms with Crippen LogP contribution in [0.2, 0.25) is 0 Å². The minimum atomic E-state index is -0.409. The van der Waals surface area contributed by atoms with Gasteiger partial charge in [0.25, 0.3) is 0 Å². The summed E-state index contributed by atoms with van der Waals surface area (Å²) in [5.41, 5.74) is 6.66. The number of hydrogen-bond donors (Lipinski definition) is 2. The fraction of sp³-hybridized carbons (Fsp3) is 0.600. The lowest BCUT2D eigenvalue weighted by Gasteiger charge is -2.23. The Labute approximate surface area is 118 Å². The van der Waals surface area contributed by atoms with Gasteiger partial charge in [-0.05, 0) is 25.3 Å². The Morgan fingerprint density at radius 1 is 1.15 bits per heavy atom. The maximum atomic E-state index is 10.2. The summed E-state index contributed by atoms with van der Waals surface area (Å²) in [7, 11) is 0. The topological polar surface area (TPSA) is 73.9 Å². The Morgan fingerprint density at radius 2 is 1.90 bits per heavy atom. The lowest BCUT2D eigenvalue weighted by atomic mass is 10.1. The number of hydrogen-bond acceptors (Lipinski definition) is 5. The van der Waals surface area contributed by atoms with E-state index in [1.54, 1.807) is 0 Å². The second-order valence-electron chi connectivity index (χ2n) is 5.38. The van der Waals surface area contributed by atoms with Crippen LogP contribution in [0.25, 0.3) is 0 Å². The summed E-state index contributed by atoms with van der Waals surface area (Å²) in [5.74, 6) is 2.09. The van der Waals surface area contributed by atoms with Gasteiger partial charge >= 0.3 is 0 Å². The number of nitrogens with two attached hydrogens (primary N) is 1. The third kappa shape index (κ3) is 2.69. The largest absolute Gasteiger partial charge is 0.487 e. The van der Waals surface area contributed by atoms with Crippen LogP contribution in [-0.4, -0.2) is 24.1 Å². The van der Waals surface area contributed by atoms with E-state index in [9.17, 15) is 5.11 Å². The van der Waals surface area contributed by atoms with E-state index in [1.165, 1.54) is 0 Å². The third-order valence-corrected chi connectivity index (χ3v) is 3.97. The van der Waals surface area contributed by atoms with Gasteiger partial charge in [0.05, 0.1) is 6.10 Å². The van der Waals surface area contributed by atoms with Crippen LogP contribution in [0.3, 0.4) is 0 Å². The molecule has 1 fully saturated rings. The lowest BCUT2D eigenvalue weighted by molar-refractivity contribution is 0.0313. The molecule has 2 aliphatic rings. The van der Waals surface area contributed by atoms with Gasteiger partial charge in [-0.15, -0.1) is 0 Å². The molecule has 3 N–H and O–H groups in total. The molecule has 1 aromatic carbocycles. The average molecular weight is 279 g/mol. The molecular weight excluding hydrogens is 258 g/mol. The van der Waals surface area contributed by atoms with Crippen LogP contribution < -0.4 is 19.9 Å². The zero-order chi connectivity index (χ0) is 13.9. The molecule has 0 bridgehead atoms. The van der Waals surface area contributed by atoms with Crippen molar-refractivity contribution in [1.29, 1.82) is 0 Å². The van der Waals surface area contributed by atoms with Crippen molar-refractivity contribution in [2.24, 2.45) is 5.73 Å². The van der Waals surface area contributed by atoms with Gasteiger partial charge in [0.2, 0.25) is 6.79 Å². The van der Waals surface area contributed by atoms with Crippen LogP contribution in [0, 0.1) is 0 Å². The second-order valence-corrected chi connectivity index (χ2v) is 5.38. The van der Waals surface area contributed by atoms with Crippen molar-refractivity contribution < 1.29 is 19.3 Å². The average Bonchev–Trinajstić information content (AvgIpc) is 2.82. The van der Waals surface area contributed by atoms with E-state index in [0.717, 1.165) is 37.7 Å². The molecule has 5 nitrogen and oxygen atoms in total. The summed E-state index contributed by atoms with van der Waals surface area (Å²) in [6.45, 7) is 0.601. The van der Waals surface area contributed by atoms with Crippen molar-refractivity contribution in [1.82, 2.24) is 0 Å². The summed E-state index contributed by atoms with van der Waals surface area (Å²) in [4.78, 5) is 0. The highest BCUT2D eigenvalue weighted by Gasteiger charge is 2.25. The van der Waals surface area contributed by atoms with E-state index in [-0.39, 0.29) is 12.9 Å². The van der Waals surface area contributed by atoms with Crippen LogP contribution >= 0.6 is 0 Å². The molecule has 2 atom stereocenters. The molecule has 3 rings (SSSR count). The number of aliphatic hydroxyl groups excluding tert-OH is 1. The summed E-state index contributed by atoms with van der Waals surface area (Å²) in [6, 6.07) is 3.68. The first-order chi connectivity index (χ1) is 9.78. The molecule has 110 valence electrons. The Hall–Kier alpha value is -1.46. The first-order valence-electron chi connectivity index (χ1n) is 7.25. The van der Waals surface area contributed by atoms with E-state index in [1.807, 2.05) is 12.1 Å². The van der Waals surface area contributed by atoms with Gasteiger partial charge in [-0.25, -0.2) is 0 Å². The van der Waals surface area contributed by atoms with Gasteiger partial charge in [-0.1, -0.05) is 12.8 Å². The smallest absolute Gasteiger partial charge is 0.231 e. The molecule has 0 aromatic heterocycles. The Morgan fingerprint density at radius 3 is 2.70 bits per heavy atom. The van der Waals surface area contributed by atoms with Gasteiger partial charge in [0, 0.05) is 18.2 Å². The summed E-state index contributed by atoms with van der Waals surface area (Å²) < 4.78 is 16.7. The molecule has 2 unspecified atom stereocenters. The lowest BCUT2D eigenvalue weighted by Crippen LogP contribution is -2.30. The molecule has 0 spiro atoms. The van der Waals surface area contributed by atoms with Crippen LogP contribution in [0.15, 0.2) is 12.1 Å². The number of aliphatic hydroxyl groups is 1. The van der Waals surface area contributed by atoms with Gasteiger partial charge < -0.3 is 25.1 Å². The fourth-order valence-electron chi connectivity index (χ4n) is 2.79. The molecule has 1 aliphatic carbocycles. The van der Waals surface area contributed by atoms with E-state index in [4.69, 9.17) is 19.9 Å². The number of fused-ring (bicyclic) bond motifs is 1. The second kappa shape index (κ2) is 5.89. The molecule has 1 aliphatic heterocycles. The summed E-state index contributed by atoms with van der Waals surface area (Å²) in [5, 5.41) is 10.2. The highest BCUT2D eigenvalue weighted by Crippen LogP contribution is 2.39. The Balaban J connectivity index is 1.82. The van der Waals surface area contributed by atoms with Gasteiger partial charge in [-0.2, -0.15) is 0 Å². The molecule has 0 amide bonds. The van der Waals surface area contributed by atoms with Crippen molar-refractivity contribution in [3.05, 3.63) is 17.7 Å². The van der Waals surface area contributed by atoms with Crippen molar-refractivity contribution in [3.63, 3.8) is 0 Å². The predicted octanol–water partition coefficient (Wildman–Crippen LogP) is 1.95. The Kier molecular flexibility index (Phi) is 3.98. The monoisotopic (exact) mass is 279 g/mol. The van der Waals surface area contributed by atoms with Gasteiger partial charge in [-0.3, -0.25) is 0 Å². The zero-order valence-electron chi connectivity index (χ0n) is 11.5. The SMILES string of the molecule is NCc1cc2c(cc1OC1CCCCCC1O)OCO2. The van der Waals surface area contributed by atoms with Crippen LogP contribution in [-0.2, 0) is 6.54 Å². The van der Waals surface area contributed by atoms with E-state index in [0.29, 0.717) is 23.8 Å². The van der Waals surface area contributed by atoms with E-state index < -0.39 is 6.10 Å². The summed E-state index contributed by atoms with van der Waals surface area (Å²) in [6.07, 6.45) is 4.40. The normalized spacial score (nSPS) is 25.3. The molecule has 5 heteroatoms. The van der Waals surface area contributed by atoms with Gasteiger partial charge in [0.15, 0.2) is 11.5 Å². The van der Waals surface area contributed by atoms with Crippen LogP contribution in [0.5, 0.6) is 17.2 Å². The zero-order valence-corrected chi connectivity index (χ0v) is 11.5.